The molecular formula is C10H11N5O. The zero-order chi connectivity index (χ0) is 11.3. The molecule has 0 fully saturated rings. The van der Waals surface area contributed by atoms with E-state index in [4.69, 9.17) is 0 Å². The number of allylic oxidation sites excluding steroid dienone is 1. The maximum absolute atomic E-state index is 9.89. The molecule has 0 amide bonds. The fraction of sp³-hybridized carbons (Fsp3) is 0.400. The number of hydrogen-bond donors (Lipinski definition) is 1. The fourth-order valence-electron chi connectivity index (χ4n) is 2.03. The van der Waals surface area contributed by atoms with Crippen LogP contribution in [0.3, 0.4) is 0 Å². The van der Waals surface area contributed by atoms with Crippen LogP contribution in [0.1, 0.15) is 25.2 Å². The summed E-state index contributed by atoms with van der Waals surface area (Å²) in [6.07, 6.45) is 3.99. The van der Waals surface area contributed by atoms with Crippen molar-refractivity contribution in [2.45, 2.75) is 20.3 Å². The van der Waals surface area contributed by atoms with Crippen LogP contribution in [-0.4, -0.2) is 29.9 Å². The van der Waals surface area contributed by atoms with Gasteiger partial charge >= 0.3 is 0 Å². The second kappa shape index (κ2) is 2.78. The predicted molar refractivity (Wildman–Crippen MR) is 56.7 cm³/mol. The van der Waals surface area contributed by atoms with Crippen molar-refractivity contribution in [1.82, 2.24) is 24.8 Å². The Labute approximate surface area is 91.7 Å². The minimum atomic E-state index is -0.112. The summed E-state index contributed by atoms with van der Waals surface area (Å²) in [6, 6.07) is 0. The molecule has 0 aliphatic heterocycles. The van der Waals surface area contributed by atoms with Gasteiger partial charge in [0.1, 0.15) is 17.8 Å². The van der Waals surface area contributed by atoms with Crippen LogP contribution in [0, 0.1) is 5.41 Å². The van der Waals surface area contributed by atoms with Crippen molar-refractivity contribution < 1.29 is 5.11 Å². The van der Waals surface area contributed by atoms with Gasteiger partial charge in [-0.15, -0.1) is 10.2 Å². The molecule has 2 aromatic heterocycles. The van der Waals surface area contributed by atoms with Gasteiger partial charge in [0, 0.05) is 6.42 Å². The van der Waals surface area contributed by atoms with Gasteiger partial charge in [-0.25, -0.2) is 0 Å². The highest BCUT2D eigenvalue weighted by Crippen LogP contribution is 2.33. The van der Waals surface area contributed by atoms with Crippen molar-refractivity contribution in [2.75, 3.05) is 0 Å². The number of aliphatic hydroxyl groups is 1. The molecule has 0 bridgehead atoms. The van der Waals surface area contributed by atoms with Gasteiger partial charge in [-0.3, -0.25) is 0 Å². The highest BCUT2D eigenvalue weighted by Gasteiger charge is 2.29. The van der Waals surface area contributed by atoms with E-state index >= 15 is 0 Å². The third kappa shape index (κ3) is 1.19. The van der Waals surface area contributed by atoms with E-state index in [1.165, 1.54) is 6.33 Å². The Morgan fingerprint density at radius 1 is 1.38 bits per heavy atom. The molecule has 2 heterocycles. The SMILES string of the molecule is CC1(C)C=C(O)c2nnc3ncnn3c2C1. The van der Waals surface area contributed by atoms with Crippen molar-refractivity contribution >= 4 is 11.5 Å². The molecule has 0 atom stereocenters. The Morgan fingerprint density at radius 3 is 3.00 bits per heavy atom. The second-order valence-electron chi connectivity index (χ2n) is 4.66. The molecule has 0 saturated heterocycles. The minimum Gasteiger partial charge on any atom is -0.506 e. The zero-order valence-corrected chi connectivity index (χ0v) is 9.05. The quantitative estimate of drug-likeness (QED) is 0.712. The number of rotatable bonds is 0. The Morgan fingerprint density at radius 2 is 2.19 bits per heavy atom. The van der Waals surface area contributed by atoms with Crippen molar-refractivity contribution in [3.05, 3.63) is 23.8 Å². The summed E-state index contributed by atoms with van der Waals surface area (Å²) in [5.41, 5.74) is 1.24. The normalized spacial score (nSPS) is 18.2. The van der Waals surface area contributed by atoms with Gasteiger partial charge in [0.2, 0.25) is 0 Å². The van der Waals surface area contributed by atoms with Gasteiger partial charge in [0.15, 0.2) is 0 Å². The Balaban J connectivity index is 2.34. The Bertz CT molecular complexity index is 598. The van der Waals surface area contributed by atoms with Crippen LogP contribution < -0.4 is 0 Å². The molecule has 0 unspecified atom stereocenters. The van der Waals surface area contributed by atoms with Crippen LogP contribution in [0.25, 0.3) is 11.5 Å². The predicted octanol–water partition coefficient (Wildman–Crippen LogP) is 1.00. The Kier molecular flexibility index (Phi) is 1.61. The number of aromatic nitrogens is 5. The summed E-state index contributed by atoms with van der Waals surface area (Å²) in [7, 11) is 0. The van der Waals surface area contributed by atoms with Crippen molar-refractivity contribution in [1.29, 1.82) is 0 Å². The van der Waals surface area contributed by atoms with E-state index in [2.05, 4.69) is 34.1 Å². The van der Waals surface area contributed by atoms with Gasteiger partial charge in [-0.1, -0.05) is 13.8 Å². The first-order valence-electron chi connectivity index (χ1n) is 5.04. The van der Waals surface area contributed by atoms with E-state index in [1.54, 1.807) is 10.6 Å². The monoisotopic (exact) mass is 217 g/mol. The Hall–Kier alpha value is -1.98. The highest BCUT2D eigenvalue weighted by atomic mass is 16.3. The van der Waals surface area contributed by atoms with E-state index < -0.39 is 0 Å². The lowest BCUT2D eigenvalue weighted by atomic mass is 9.82. The van der Waals surface area contributed by atoms with E-state index in [0.717, 1.165) is 12.1 Å². The van der Waals surface area contributed by atoms with Gasteiger partial charge in [0.05, 0.1) is 5.69 Å². The fourth-order valence-corrected chi connectivity index (χ4v) is 2.03. The number of fused-ring (bicyclic) bond motifs is 3. The van der Waals surface area contributed by atoms with Crippen molar-refractivity contribution in [3.8, 4) is 0 Å². The van der Waals surface area contributed by atoms with Crippen molar-refractivity contribution in [2.24, 2.45) is 5.41 Å². The molecule has 82 valence electrons. The maximum atomic E-state index is 9.89. The summed E-state index contributed by atoms with van der Waals surface area (Å²) < 4.78 is 1.63. The smallest absolute Gasteiger partial charge is 0.271 e. The summed E-state index contributed by atoms with van der Waals surface area (Å²) in [5.74, 6) is 0.625. The maximum Gasteiger partial charge on any atom is 0.271 e. The van der Waals surface area contributed by atoms with Gasteiger partial charge in [-0.05, 0) is 11.5 Å². The highest BCUT2D eigenvalue weighted by molar-refractivity contribution is 5.60. The summed E-state index contributed by atoms with van der Waals surface area (Å²) in [5, 5.41) is 21.9. The molecule has 0 spiro atoms. The number of nitrogens with zero attached hydrogens (tertiary/aromatic N) is 5. The zero-order valence-electron chi connectivity index (χ0n) is 9.05. The van der Waals surface area contributed by atoms with Crippen LogP contribution in [0.15, 0.2) is 12.4 Å². The molecule has 3 rings (SSSR count). The van der Waals surface area contributed by atoms with E-state index in [9.17, 15) is 5.11 Å². The first-order valence-corrected chi connectivity index (χ1v) is 5.04. The minimum absolute atomic E-state index is 0.112. The van der Waals surface area contributed by atoms with E-state index in [0.29, 0.717) is 11.5 Å². The van der Waals surface area contributed by atoms with Gasteiger partial charge < -0.3 is 5.11 Å². The second-order valence-corrected chi connectivity index (χ2v) is 4.66. The molecule has 0 aromatic carbocycles. The van der Waals surface area contributed by atoms with Crippen LogP contribution in [0.4, 0.5) is 0 Å². The molecular weight excluding hydrogens is 206 g/mol. The lowest BCUT2D eigenvalue weighted by Crippen LogP contribution is -2.22. The largest absolute Gasteiger partial charge is 0.506 e. The third-order valence-electron chi connectivity index (χ3n) is 2.69. The number of aliphatic hydroxyl groups excluding tert-OH is 1. The summed E-state index contributed by atoms with van der Waals surface area (Å²) in [6.45, 7) is 4.10. The van der Waals surface area contributed by atoms with E-state index in [-0.39, 0.29) is 11.2 Å². The lowest BCUT2D eigenvalue weighted by Gasteiger charge is -2.26. The molecule has 2 aromatic rings. The van der Waals surface area contributed by atoms with Crippen LogP contribution in [-0.2, 0) is 6.42 Å². The van der Waals surface area contributed by atoms with Gasteiger partial charge in [0.25, 0.3) is 5.78 Å². The van der Waals surface area contributed by atoms with E-state index in [1.807, 2.05) is 0 Å². The number of hydrogen-bond acceptors (Lipinski definition) is 5. The topological polar surface area (TPSA) is 76.2 Å². The van der Waals surface area contributed by atoms with Crippen LogP contribution in [0.5, 0.6) is 0 Å². The van der Waals surface area contributed by atoms with Gasteiger partial charge in [-0.2, -0.15) is 14.6 Å². The molecule has 0 radical (unpaired) electrons. The molecule has 16 heavy (non-hydrogen) atoms. The molecule has 1 aliphatic rings. The average Bonchev–Trinajstić information content (AvgIpc) is 2.63. The molecule has 0 saturated carbocycles. The van der Waals surface area contributed by atoms with Crippen molar-refractivity contribution in [3.63, 3.8) is 0 Å². The first kappa shape index (κ1) is 9.26. The summed E-state index contributed by atoms with van der Waals surface area (Å²) in [4.78, 5) is 3.98. The molecule has 1 aliphatic carbocycles. The van der Waals surface area contributed by atoms with Crippen LogP contribution >= 0.6 is 0 Å². The summed E-state index contributed by atoms with van der Waals surface area (Å²) >= 11 is 0. The standard InChI is InChI=1S/C10H11N5O/c1-10(2)3-6-8(7(16)4-10)13-14-9-11-5-12-15(6)9/h4-5,16H,3H2,1-2H3. The average molecular weight is 217 g/mol. The molecule has 6 nitrogen and oxygen atoms in total. The first-order chi connectivity index (χ1) is 7.57. The van der Waals surface area contributed by atoms with Crippen LogP contribution in [0.2, 0.25) is 0 Å². The molecule has 1 N–H and O–H groups in total. The third-order valence-corrected chi connectivity index (χ3v) is 2.69. The lowest BCUT2D eigenvalue weighted by molar-refractivity contribution is 0.417. The molecule has 6 heteroatoms.